The maximum absolute atomic E-state index is 12.6. The Balaban J connectivity index is 1.94. The lowest BCUT2D eigenvalue weighted by Crippen LogP contribution is -2.26. The van der Waals surface area contributed by atoms with Gasteiger partial charge in [0.1, 0.15) is 5.52 Å². The highest BCUT2D eigenvalue weighted by Gasteiger charge is 2.23. The van der Waals surface area contributed by atoms with Crippen LogP contribution in [0.5, 0.6) is 17.2 Å². The van der Waals surface area contributed by atoms with Crippen molar-refractivity contribution in [3.8, 4) is 17.2 Å². The van der Waals surface area contributed by atoms with Gasteiger partial charge in [0.15, 0.2) is 18.2 Å². The highest BCUT2D eigenvalue weighted by molar-refractivity contribution is 5.92. The molecule has 3 aromatic rings. The van der Waals surface area contributed by atoms with Gasteiger partial charge in [-0.3, -0.25) is 19.2 Å². The summed E-state index contributed by atoms with van der Waals surface area (Å²) < 4.78 is 20.9. The topological polar surface area (TPSA) is 153 Å². The monoisotopic (exact) mass is 455 g/mol. The Morgan fingerprint density at radius 1 is 0.879 bits per heavy atom. The predicted molar refractivity (Wildman–Crippen MR) is 110 cm³/mol. The summed E-state index contributed by atoms with van der Waals surface area (Å²) in [6.45, 7) is 2.67. The van der Waals surface area contributed by atoms with Crippen molar-refractivity contribution in [2.75, 3.05) is 0 Å². The van der Waals surface area contributed by atoms with Crippen LogP contribution in [0.15, 0.2) is 41.2 Å². The fourth-order valence-corrected chi connectivity index (χ4v) is 2.71. The molecule has 2 aromatic carbocycles. The molecule has 3 rings (SSSR count). The van der Waals surface area contributed by atoms with Crippen LogP contribution in [-0.4, -0.2) is 38.9 Å². The van der Waals surface area contributed by atoms with E-state index in [1.165, 1.54) is 0 Å². The Morgan fingerprint density at radius 2 is 1.45 bits per heavy atom. The number of carbonyl (C=O) groups excluding carboxylic acids is 4. The van der Waals surface area contributed by atoms with E-state index >= 15 is 0 Å². The average Bonchev–Trinajstić information content (AvgIpc) is 2.74. The Bertz CT molecular complexity index is 1290. The number of hydrogen-bond acceptors (Lipinski definition) is 11. The molecule has 0 saturated heterocycles. The summed E-state index contributed by atoms with van der Waals surface area (Å²) in [5, 5.41) is 7.88. The smallest absolute Gasteiger partial charge is 0.340 e. The third-order valence-corrected chi connectivity index (χ3v) is 3.96. The van der Waals surface area contributed by atoms with Crippen LogP contribution in [0.4, 0.5) is 0 Å². The lowest BCUT2D eigenvalue weighted by molar-refractivity contribution is -0.135. The number of benzene rings is 2. The van der Waals surface area contributed by atoms with Gasteiger partial charge >= 0.3 is 23.9 Å². The Kier molecular flexibility index (Phi) is 6.77. The minimum Gasteiger partial charge on any atom is -0.439 e. The van der Waals surface area contributed by atoms with Gasteiger partial charge in [0.05, 0.1) is 10.9 Å². The van der Waals surface area contributed by atoms with Gasteiger partial charge < -0.3 is 18.9 Å². The lowest BCUT2D eigenvalue weighted by Gasteiger charge is -2.14. The average molecular weight is 455 g/mol. The Hall–Kier alpha value is -4.61. The molecule has 0 aliphatic rings. The standard InChI is InChI=1S/C21H17N3O9/c1-11(25)31-17-8-14(9-18(32-12(2)26)19(17)33-13(3)27)21(29)30-10-24-20(28)15-6-4-5-7-16(15)22-23-24/h4-9H,10H2,1-3H3. The molecular formula is C21H17N3O9. The SMILES string of the molecule is CC(=O)Oc1cc(C(=O)OCn2nnc3ccccc3c2=O)cc(OC(C)=O)c1OC(C)=O. The maximum Gasteiger partial charge on any atom is 0.340 e. The maximum atomic E-state index is 12.6. The minimum absolute atomic E-state index is 0.222. The summed E-state index contributed by atoms with van der Waals surface area (Å²) in [6.07, 6.45) is 0. The molecule has 1 aromatic heterocycles. The number of aromatic nitrogens is 3. The van der Waals surface area contributed by atoms with Crippen molar-refractivity contribution < 1.29 is 38.1 Å². The van der Waals surface area contributed by atoms with E-state index in [-0.39, 0.29) is 28.2 Å². The number of carbonyl (C=O) groups is 4. The molecule has 12 nitrogen and oxygen atoms in total. The van der Waals surface area contributed by atoms with Crippen molar-refractivity contribution in [3.05, 3.63) is 52.3 Å². The van der Waals surface area contributed by atoms with Gasteiger partial charge in [0, 0.05) is 20.8 Å². The quantitative estimate of drug-likeness (QED) is 0.391. The number of rotatable bonds is 6. The molecule has 1 heterocycles. The molecule has 0 aliphatic carbocycles. The second-order valence-electron chi connectivity index (χ2n) is 6.55. The molecule has 12 heteroatoms. The fraction of sp³-hybridized carbons (Fsp3) is 0.190. The van der Waals surface area contributed by atoms with Gasteiger partial charge in [-0.1, -0.05) is 17.3 Å². The molecule has 33 heavy (non-hydrogen) atoms. The van der Waals surface area contributed by atoms with Crippen molar-refractivity contribution in [2.24, 2.45) is 0 Å². The predicted octanol–water partition coefficient (Wildman–Crippen LogP) is 1.38. The van der Waals surface area contributed by atoms with E-state index in [1.54, 1.807) is 24.3 Å². The molecule has 0 aliphatic heterocycles. The van der Waals surface area contributed by atoms with E-state index in [2.05, 4.69) is 10.3 Å². The molecule has 0 atom stereocenters. The third-order valence-electron chi connectivity index (χ3n) is 3.96. The first-order chi connectivity index (χ1) is 15.7. The summed E-state index contributed by atoms with van der Waals surface area (Å²) >= 11 is 0. The third kappa shape index (κ3) is 5.55. The molecule has 0 radical (unpaired) electrons. The summed E-state index contributed by atoms with van der Waals surface area (Å²) in [5.74, 6) is -4.44. The summed E-state index contributed by atoms with van der Waals surface area (Å²) in [7, 11) is 0. The van der Waals surface area contributed by atoms with Gasteiger partial charge in [0.25, 0.3) is 5.56 Å². The van der Waals surface area contributed by atoms with Crippen LogP contribution in [0, 0.1) is 0 Å². The van der Waals surface area contributed by atoms with Gasteiger partial charge in [-0.2, -0.15) is 4.68 Å². The zero-order valence-electron chi connectivity index (χ0n) is 17.7. The van der Waals surface area contributed by atoms with Crippen LogP contribution in [0.2, 0.25) is 0 Å². The van der Waals surface area contributed by atoms with Crippen LogP contribution < -0.4 is 19.8 Å². The normalized spacial score (nSPS) is 10.4. The van der Waals surface area contributed by atoms with Crippen molar-refractivity contribution >= 4 is 34.8 Å². The van der Waals surface area contributed by atoms with E-state index in [0.717, 1.165) is 37.6 Å². The second kappa shape index (κ2) is 9.68. The lowest BCUT2D eigenvalue weighted by atomic mass is 10.2. The van der Waals surface area contributed by atoms with Crippen molar-refractivity contribution in [1.29, 1.82) is 0 Å². The first-order valence-corrected chi connectivity index (χ1v) is 9.38. The van der Waals surface area contributed by atoms with Gasteiger partial charge in [-0.25, -0.2) is 4.79 Å². The van der Waals surface area contributed by atoms with Crippen molar-refractivity contribution in [3.63, 3.8) is 0 Å². The van der Waals surface area contributed by atoms with Crippen molar-refractivity contribution in [2.45, 2.75) is 27.5 Å². The zero-order valence-corrected chi connectivity index (χ0v) is 17.7. The number of esters is 4. The summed E-state index contributed by atoms with van der Waals surface area (Å²) in [5.41, 5.74) is -0.372. The van der Waals surface area contributed by atoms with Crippen LogP contribution >= 0.6 is 0 Å². The minimum atomic E-state index is -0.979. The van der Waals surface area contributed by atoms with E-state index in [0.29, 0.717) is 5.52 Å². The number of nitrogens with zero attached hydrogens (tertiary/aromatic N) is 3. The van der Waals surface area contributed by atoms with Crippen LogP contribution in [0.3, 0.4) is 0 Å². The first-order valence-electron chi connectivity index (χ1n) is 9.38. The molecule has 0 bridgehead atoms. The van der Waals surface area contributed by atoms with E-state index in [4.69, 9.17) is 18.9 Å². The molecule has 0 saturated carbocycles. The highest BCUT2D eigenvalue weighted by Crippen LogP contribution is 2.39. The van der Waals surface area contributed by atoms with E-state index < -0.39 is 36.2 Å². The molecule has 0 spiro atoms. The van der Waals surface area contributed by atoms with Crippen LogP contribution in [-0.2, 0) is 25.9 Å². The van der Waals surface area contributed by atoms with Crippen LogP contribution in [0.1, 0.15) is 31.1 Å². The number of fused-ring (bicyclic) bond motifs is 1. The molecule has 0 unspecified atom stereocenters. The first kappa shape index (κ1) is 23.1. The summed E-state index contributed by atoms with van der Waals surface area (Å²) in [4.78, 5) is 59.5. The largest absolute Gasteiger partial charge is 0.439 e. The van der Waals surface area contributed by atoms with Gasteiger partial charge in [-0.15, -0.1) is 5.10 Å². The van der Waals surface area contributed by atoms with E-state index in [1.807, 2.05) is 0 Å². The Morgan fingerprint density at radius 3 is 2.03 bits per heavy atom. The molecule has 0 amide bonds. The fourth-order valence-electron chi connectivity index (χ4n) is 2.71. The van der Waals surface area contributed by atoms with E-state index in [9.17, 15) is 24.0 Å². The van der Waals surface area contributed by atoms with Gasteiger partial charge in [-0.05, 0) is 24.3 Å². The zero-order chi connectivity index (χ0) is 24.1. The van der Waals surface area contributed by atoms with Crippen LogP contribution in [0.25, 0.3) is 10.9 Å². The van der Waals surface area contributed by atoms with Gasteiger partial charge in [0.2, 0.25) is 5.75 Å². The molecular weight excluding hydrogens is 438 g/mol. The number of ether oxygens (including phenoxy) is 4. The highest BCUT2D eigenvalue weighted by atomic mass is 16.6. The molecule has 0 N–H and O–H groups in total. The second-order valence-corrected chi connectivity index (χ2v) is 6.55. The molecule has 0 fully saturated rings. The molecule has 170 valence electrons. The Labute approximate surface area is 185 Å². The van der Waals surface area contributed by atoms with Crippen molar-refractivity contribution in [1.82, 2.24) is 15.0 Å². The summed E-state index contributed by atoms with van der Waals surface area (Å²) in [6, 6.07) is 8.63. The number of hydrogen-bond donors (Lipinski definition) is 0.